The van der Waals surface area contributed by atoms with Crippen molar-refractivity contribution in [2.45, 2.75) is 26.6 Å². The number of aromatic nitrogens is 1. The van der Waals surface area contributed by atoms with Crippen LogP contribution in [0, 0.1) is 6.92 Å². The summed E-state index contributed by atoms with van der Waals surface area (Å²) in [5.41, 5.74) is 5.61. The molecule has 0 spiro atoms. The Morgan fingerprint density at radius 3 is 2.70 bits per heavy atom. The van der Waals surface area contributed by atoms with Crippen LogP contribution in [0.3, 0.4) is 0 Å². The molecule has 33 heavy (non-hydrogen) atoms. The van der Waals surface area contributed by atoms with Crippen LogP contribution in [0.2, 0.25) is 0 Å². The normalized spacial score (nSPS) is 12.4. The van der Waals surface area contributed by atoms with Crippen LogP contribution in [0.5, 0.6) is 0 Å². The number of hydrogen-bond acceptors (Lipinski definition) is 6. The molecule has 6 nitrogen and oxygen atoms in total. The molecule has 1 heterocycles. The van der Waals surface area contributed by atoms with Crippen molar-refractivity contribution in [3.63, 3.8) is 0 Å². The Balaban J connectivity index is 1.92. The van der Waals surface area contributed by atoms with Crippen LogP contribution >= 0.6 is 23.1 Å². The summed E-state index contributed by atoms with van der Waals surface area (Å²) in [6, 6.07) is 13.3. The van der Waals surface area contributed by atoms with Gasteiger partial charge >= 0.3 is 5.97 Å². The SMILES string of the molecule is CSC/C=C(/NC(=O)c1ccc(COC(C)c2cncs2)cc1-c1ccccc1C)C(=O)O. The number of aliphatic carboxylic acids is 1. The molecule has 0 aliphatic heterocycles. The van der Waals surface area contributed by atoms with Crippen molar-refractivity contribution in [3.8, 4) is 11.1 Å². The van der Waals surface area contributed by atoms with Crippen molar-refractivity contribution in [1.82, 2.24) is 10.3 Å². The van der Waals surface area contributed by atoms with E-state index in [1.165, 1.54) is 17.8 Å². The summed E-state index contributed by atoms with van der Waals surface area (Å²) in [7, 11) is 0. The van der Waals surface area contributed by atoms with E-state index in [1.807, 2.05) is 56.5 Å². The Morgan fingerprint density at radius 2 is 2.03 bits per heavy atom. The molecule has 0 radical (unpaired) electrons. The molecule has 0 saturated carbocycles. The summed E-state index contributed by atoms with van der Waals surface area (Å²) >= 11 is 3.02. The van der Waals surface area contributed by atoms with Crippen LogP contribution in [0.1, 0.15) is 39.4 Å². The van der Waals surface area contributed by atoms with Crippen LogP contribution in [0.25, 0.3) is 11.1 Å². The molecule has 0 bridgehead atoms. The number of thiazole rings is 1. The molecule has 1 unspecified atom stereocenters. The summed E-state index contributed by atoms with van der Waals surface area (Å²) in [4.78, 5) is 29.8. The molecular weight excluding hydrogens is 456 g/mol. The Kier molecular flexibility index (Phi) is 8.82. The zero-order chi connectivity index (χ0) is 23.8. The fourth-order valence-electron chi connectivity index (χ4n) is 3.25. The van der Waals surface area contributed by atoms with Crippen LogP contribution in [-0.4, -0.2) is 34.0 Å². The molecule has 3 rings (SSSR count). The van der Waals surface area contributed by atoms with Gasteiger partial charge < -0.3 is 15.2 Å². The van der Waals surface area contributed by atoms with Crippen LogP contribution in [0.4, 0.5) is 0 Å². The lowest BCUT2D eigenvalue weighted by Crippen LogP contribution is -2.28. The third kappa shape index (κ3) is 6.54. The Hall–Kier alpha value is -2.94. The lowest BCUT2D eigenvalue weighted by molar-refractivity contribution is -0.133. The maximum atomic E-state index is 13.1. The highest BCUT2D eigenvalue weighted by molar-refractivity contribution is 7.98. The minimum atomic E-state index is -1.17. The van der Waals surface area contributed by atoms with E-state index in [4.69, 9.17) is 4.74 Å². The predicted molar refractivity (Wildman–Crippen MR) is 133 cm³/mol. The average Bonchev–Trinajstić information content (AvgIpc) is 3.35. The van der Waals surface area contributed by atoms with E-state index in [0.29, 0.717) is 17.9 Å². The number of carboxylic acids is 1. The fourth-order valence-corrected chi connectivity index (χ4v) is 4.21. The average molecular weight is 483 g/mol. The summed E-state index contributed by atoms with van der Waals surface area (Å²) in [6.07, 6.45) is 5.07. The molecular formula is C25H26N2O4S2. The second-order valence-electron chi connectivity index (χ2n) is 7.38. The van der Waals surface area contributed by atoms with Gasteiger partial charge in [0.05, 0.1) is 23.1 Å². The van der Waals surface area contributed by atoms with Crippen molar-refractivity contribution in [1.29, 1.82) is 0 Å². The number of ether oxygens (including phenoxy) is 1. The van der Waals surface area contributed by atoms with E-state index < -0.39 is 11.9 Å². The number of nitrogens with one attached hydrogen (secondary N) is 1. The van der Waals surface area contributed by atoms with Crippen molar-refractivity contribution >= 4 is 35.0 Å². The molecule has 8 heteroatoms. The summed E-state index contributed by atoms with van der Waals surface area (Å²) in [6.45, 7) is 4.33. The zero-order valence-electron chi connectivity index (χ0n) is 18.7. The minimum Gasteiger partial charge on any atom is -0.477 e. The lowest BCUT2D eigenvalue weighted by Gasteiger charge is -2.16. The van der Waals surface area contributed by atoms with Crippen molar-refractivity contribution < 1.29 is 19.4 Å². The fraction of sp³-hybridized carbons (Fsp3) is 0.240. The maximum absolute atomic E-state index is 13.1. The van der Waals surface area contributed by atoms with Crippen LogP contribution in [-0.2, 0) is 16.1 Å². The molecule has 0 aliphatic carbocycles. The van der Waals surface area contributed by atoms with Gasteiger partial charge in [0.1, 0.15) is 5.70 Å². The Bertz CT molecular complexity index is 1140. The zero-order valence-corrected chi connectivity index (χ0v) is 20.3. The van der Waals surface area contributed by atoms with Gasteiger partial charge in [-0.25, -0.2) is 4.79 Å². The second-order valence-corrected chi connectivity index (χ2v) is 9.21. The molecule has 1 aromatic heterocycles. The van der Waals surface area contributed by atoms with Gasteiger partial charge in [-0.3, -0.25) is 9.78 Å². The number of carboxylic acid groups (broad SMARTS) is 1. The molecule has 1 amide bonds. The topological polar surface area (TPSA) is 88.5 Å². The van der Waals surface area contributed by atoms with E-state index in [9.17, 15) is 14.7 Å². The first kappa shape index (κ1) is 24.7. The van der Waals surface area contributed by atoms with Gasteiger partial charge in [0.15, 0.2) is 0 Å². The molecule has 2 aromatic carbocycles. The van der Waals surface area contributed by atoms with E-state index in [1.54, 1.807) is 29.1 Å². The molecule has 0 saturated heterocycles. The largest absolute Gasteiger partial charge is 0.477 e. The van der Waals surface area contributed by atoms with Gasteiger partial charge in [0.25, 0.3) is 5.91 Å². The number of carbonyl (C=O) groups excluding carboxylic acids is 1. The first-order valence-electron chi connectivity index (χ1n) is 10.3. The molecule has 1 atom stereocenters. The second kappa shape index (κ2) is 11.8. The standard InChI is InChI=1S/C25H26N2O4S2/c1-16-6-4-5-7-19(16)21-12-18(14-31-17(2)23-13-26-15-33-23)8-9-20(21)24(28)27-22(25(29)30)10-11-32-3/h4-10,12-13,15,17H,11,14H2,1-3H3,(H,27,28)(H,29,30)/b22-10+. The first-order chi connectivity index (χ1) is 15.9. The van der Waals surface area contributed by atoms with Crippen molar-refractivity contribution in [2.24, 2.45) is 0 Å². The van der Waals surface area contributed by atoms with Gasteiger partial charge in [-0.1, -0.05) is 30.3 Å². The molecule has 0 aliphatic rings. The summed E-state index contributed by atoms with van der Waals surface area (Å²) in [5.74, 6) is -1.15. The maximum Gasteiger partial charge on any atom is 0.352 e. The van der Waals surface area contributed by atoms with E-state index >= 15 is 0 Å². The first-order valence-corrected chi connectivity index (χ1v) is 12.6. The van der Waals surface area contributed by atoms with Gasteiger partial charge in [-0.15, -0.1) is 11.3 Å². The minimum absolute atomic E-state index is 0.0953. The smallest absolute Gasteiger partial charge is 0.352 e. The van der Waals surface area contributed by atoms with Gasteiger partial charge in [0.2, 0.25) is 0 Å². The number of benzene rings is 2. The van der Waals surface area contributed by atoms with Gasteiger partial charge in [-0.05, 0) is 60.6 Å². The Labute approximate surface area is 201 Å². The number of nitrogens with zero attached hydrogens (tertiary/aromatic N) is 1. The van der Waals surface area contributed by atoms with Gasteiger partial charge in [0, 0.05) is 17.5 Å². The molecule has 3 aromatic rings. The number of aryl methyl sites for hydroxylation is 1. The number of rotatable bonds is 10. The molecule has 0 fully saturated rings. The summed E-state index contributed by atoms with van der Waals surface area (Å²) in [5, 5.41) is 12.0. The summed E-state index contributed by atoms with van der Waals surface area (Å²) < 4.78 is 6.01. The van der Waals surface area contributed by atoms with E-state index in [2.05, 4.69) is 10.3 Å². The highest BCUT2D eigenvalue weighted by Gasteiger charge is 2.19. The number of hydrogen-bond donors (Lipinski definition) is 2. The predicted octanol–water partition coefficient (Wildman–Crippen LogP) is 5.46. The molecule has 172 valence electrons. The number of amides is 1. The van der Waals surface area contributed by atoms with Gasteiger partial charge in [-0.2, -0.15) is 11.8 Å². The van der Waals surface area contributed by atoms with Crippen LogP contribution in [0.15, 0.2) is 65.9 Å². The third-order valence-electron chi connectivity index (χ3n) is 5.05. The van der Waals surface area contributed by atoms with Crippen molar-refractivity contribution in [3.05, 3.63) is 87.5 Å². The highest BCUT2D eigenvalue weighted by atomic mass is 32.2. The quantitative estimate of drug-likeness (QED) is 0.373. The van der Waals surface area contributed by atoms with Crippen molar-refractivity contribution in [2.75, 3.05) is 12.0 Å². The lowest BCUT2D eigenvalue weighted by atomic mass is 9.94. The van der Waals surface area contributed by atoms with Crippen LogP contribution < -0.4 is 5.32 Å². The number of carbonyl (C=O) groups is 2. The van der Waals surface area contributed by atoms with E-state index in [-0.39, 0.29) is 11.8 Å². The monoisotopic (exact) mass is 482 g/mol. The Morgan fingerprint density at radius 1 is 1.24 bits per heavy atom. The van der Waals surface area contributed by atoms with E-state index in [0.717, 1.165) is 27.1 Å². The third-order valence-corrected chi connectivity index (χ3v) is 6.49. The number of thioether (sulfide) groups is 1. The molecule has 2 N–H and O–H groups in total. The highest BCUT2D eigenvalue weighted by Crippen LogP contribution is 2.29.